The number of hydrogen-bond donors (Lipinski definition) is 1. The van der Waals surface area contributed by atoms with Crippen LogP contribution in [0.1, 0.15) is 24.0 Å². The van der Waals surface area contributed by atoms with Crippen LogP contribution in [0.4, 0.5) is 0 Å². The van der Waals surface area contributed by atoms with Crippen LogP contribution >= 0.6 is 11.6 Å². The maximum absolute atomic E-state index is 11.8. The molecule has 23 heavy (non-hydrogen) atoms. The molecule has 0 saturated carbocycles. The van der Waals surface area contributed by atoms with Gasteiger partial charge in [0.05, 0.1) is 6.61 Å². The molecule has 0 aliphatic carbocycles. The standard InChI is InChI=1S/C19H22ClNO2/c1-15-14-17(20)9-10-18(15)23-13-5-8-19(22)21-12-11-16-6-3-2-4-7-16/h2-4,6-7,9-10,14H,5,8,11-13H2,1H3,(H,21,22). The van der Waals surface area contributed by atoms with Crippen LogP contribution in [0.5, 0.6) is 5.75 Å². The Bertz CT molecular complexity index is 629. The number of hydrogen-bond acceptors (Lipinski definition) is 2. The van der Waals surface area contributed by atoms with E-state index in [-0.39, 0.29) is 5.91 Å². The van der Waals surface area contributed by atoms with Gasteiger partial charge in [-0.2, -0.15) is 0 Å². The largest absolute Gasteiger partial charge is 0.493 e. The summed E-state index contributed by atoms with van der Waals surface area (Å²) in [5.74, 6) is 0.885. The molecule has 2 aromatic rings. The number of carbonyl (C=O) groups is 1. The minimum absolute atomic E-state index is 0.0670. The van der Waals surface area contributed by atoms with Gasteiger partial charge in [-0.25, -0.2) is 0 Å². The summed E-state index contributed by atoms with van der Waals surface area (Å²) in [6.45, 7) is 3.14. The van der Waals surface area contributed by atoms with Crippen molar-refractivity contribution in [3.05, 3.63) is 64.7 Å². The summed E-state index contributed by atoms with van der Waals surface area (Å²) in [6, 6.07) is 15.7. The van der Waals surface area contributed by atoms with Crippen LogP contribution in [0.15, 0.2) is 48.5 Å². The number of nitrogens with one attached hydrogen (secondary N) is 1. The monoisotopic (exact) mass is 331 g/mol. The Balaban J connectivity index is 1.59. The zero-order valence-electron chi connectivity index (χ0n) is 13.3. The molecule has 0 bridgehead atoms. The summed E-state index contributed by atoms with van der Waals surface area (Å²) in [6.07, 6.45) is 2.02. The highest BCUT2D eigenvalue weighted by molar-refractivity contribution is 6.30. The van der Waals surface area contributed by atoms with E-state index >= 15 is 0 Å². The van der Waals surface area contributed by atoms with Crippen molar-refractivity contribution in [2.45, 2.75) is 26.2 Å². The fourth-order valence-corrected chi connectivity index (χ4v) is 2.50. The van der Waals surface area contributed by atoms with Gasteiger partial charge >= 0.3 is 0 Å². The van der Waals surface area contributed by atoms with Gasteiger partial charge in [-0.1, -0.05) is 41.9 Å². The average molecular weight is 332 g/mol. The van der Waals surface area contributed by atoms with Crippen molar-refractivity contribution in [3.63, 3.8) is 0 Å². The maximum atomic E-state index is 11.8. The van der Waals surface area contributed by atoms with E-state index in [1.54, 1.807) is 6.07 Å². The van der Waals surface area contributed by atoms with E-state index in [2.05, 4.69) is 17.4 Å². The number of rotatable bonds is 8. The molecule has 4 heteroatoms. The quantitative estimate of drug-likeness (QED) is 0.737. The molecule has 0 unspecified atom stereocenters. The smallest absolute Gasteiger partial charge is 0.220 e. The molecule has 0 radical (unpaired) electrons. The molecule has 0 aromatic heterocycles. The molecule has 2 rings (SSSR count). The lowest BCUT2D eigenvalue weighted by Gasteiger charge is -2.09. The van der Waals surface area contributed by atoms with Gasteiger partial charge < -0.3 is 10.1 Å². The maximum Gasteiger partial charge on any atom is 0.220 e. The van der Waals surface area contributed by atoms with Crippen LogP contribution in [0.25, 0.3) is 0 Å². The van der Waals surface area contributed by atoms with Crippen molar-refractivity contribution >= 4 is 17.5 Å². The Morgan fingerprint density at radius 2 is 1.96 bits per heavy atom. The van der Waals surface area contributed by atoms with Gasteiger partial charge in [-0.05, 0) is 49.1 Å². The lowest BCUT2D eigenvalue weighted by molar-refractivity contribution is -0.121. The molecular weight excluding hydrogens is 310 g/mol. The van der Waals surface area contributed by atoms with Crippen LogP contribution in [0.3, 0.4) is 0 Å². The number of ether oxygens (including phenoxy) is 1. The van der Waals surface area contributed by atoms with Crippen LogP contribution in [0, 0.1) is 6.92 Å². The predicted octanol–water partition coefficient (Wildman–Crippen LogP) is 4.17. The van der Waals surface area contributed by atoms with Crippen LogP contribution in [-0.4, -0.2) is 19.1 Å². The fourth-order valence-electron chi connectivity index (χ4n) is 2.27. The normalized spacial score (nSPS) is 10.3. The summed E-state index contributed by atoms with van der Waals surface area (Å²) in [4.78, 5) is 11.8. The molecule has 2 aromatic carbocycles. The zero-order valence-corrected chi connectivity index (χ0v) is 14.1. The molecule has 0 atom stereocenters. The van der Waals surface area contributed by atoms with Crippen molar-refractivity contribution in [2.24, 2.45) is 0 Å². The van der Waals surface area contributed by atoms with E-state index in [0.29, 0.717) is 31.0 Å². The molecule has 0 saturated heterocycles. The van der Waals surface area contributed by atoms with E-state index in [1.807, 2.05) is 37.3 Å². The second kappa shape index (κ2) is 9.21. The second-order valence-electron chi connectivity index (χ2n) is 5.45. The fraction of sp³-hybridized carbons (Fsp3) is 0.316. The Morgan fingerprint density at radius 1 is 1.17 bits per heavy atom. The summed E-state index contributed by atoms with van der Waals surface area (Å²) < 4.78 is 5.68. The van der Waals surface area contributed by atoms with Crippen molar-refractivity contribution < 1.29 is 9.53 Å². The molecule has 0 spiro atoms. The molecule has 3 nitrogen and oxygen atoms in total. The minimum Gasteiger partial charge on any atom is -0.493 e. The van der Waals surface area contributed by atoms with Gasteiger partial charge in [0.1, 0.15) is 5.75 Å². The highest BCUT2D eigenvalue weighted by Gasteiger charge is 2.03. The molecule has 1 N–H and O–H groups in total. The Hall–Kier alpha value is -2.00. The third-order valence-electron chi connectivity index (χ3n) is 3.52. The van der Waals surface area contributed by atoms with Gasteiger partial charge in [0.15, 0.2) is 0 Å². The van der Waals surface area contributed by atoms with Crippen molar-refractivity contribution in [1.82, 2.24) is 5.32 Å². The predicted molar refractivity (Wildman–Crippen MR) is 94.1 cm³/mol. The number of benzene rings is 2. The first-order valence-corrected chi connectivity index (χ1v) is 8.22. The van der Waals surface area contributed by atoms with Crippen molar-refractivity contribution in [2.75, 3.05) is 13.2 Å². The highest BCUT2D eigenvalue weighted by Crippen LogP contribution is 2.21. The van der Waals surface area contributed by atoms with Gasteiger partial charge in [-0.3, -0.25) is 4.79 Å². The first kappa shape index (κ1) is 17.4. The van der Waals surface area contributed by atoms with E-state index in [0.717, 1.165) is 17.7 Å². The van der Waals surface area contributed by atoms with Crippen molar-refractivity contribution in [3.8, 4) is 5.75 Å². The van der Waals surface area contributed by atoms with Crippen LogP contribution in [-0.2, 0) is 11.2 Å². The lowest BCUT2D eigenvalue weighted by Crippen LogP contribution is -2.25. The second-order valence-corrected chi connectivity index (χ2v) is 5.88. The van der Waals surface area contributed by atoms with Gasteiger partial charge in [0.2, 0.25) is 5.91 Å². The Morgan fingerprint density at radius 3 is 2.70 bits per heavy atom. The van der Waals surface area contributed by atoms with E-state index < -0.39 is 0 Å². The summed E-state index contributed by atoms with van der Waals surface area (Å²) in [5.41, 5.74) is 2.24. The zero-order chi connectivity index (χ0) is 16.5. The lowest BCUT2D eigenvalue weighted by atomic mass is 10.1. The van der Waals surface area contributed by atoms with Crippen LogP contribution < -0.4 is 10.1 Å². The van der Waals surface area contributed by atoms with Crippen LogP contribution in [0.2, 0.25) is 5.02 Å². The molecule has 0 heterocycles. The average Bonchev–Trinajstić information content (AvgIpc) is 2.54. The first-order valence-electron chi connectivity index (χ1n) is 7.85. The highest BCUT2D eigenvalue weighted by atomic mass is 35.5. The SMILES string of the molecule is Cc1cc(Cl)ccc1OCCCC(=O)NCCc1ccccc1. The number of aryl methyl sites for hydroxylation is 1. The van der Waals surface area contributed by atoms with Crippen molar-refractivity contribution in [1.29, 1.82) is 0 Å². The third kappa shape index (κ3) is 6.33. The molecule has 122 valence electrons. The Kier molecular flexibility index (Phi) is 6.95. The van der Waals surface area contributed by atoms with Gasteiger partial charge in [0, 0.05) is 18.0 Å². The molecule has 1 amide bonds. The van der Waals surface area contributed by atoms with Gasteiger partial charge in [-0.15, -0.1) is 0 Å². The molecule has 0 fully saturated rings. The van der Waals surface area contributed by atoms with E-state index in [9.17, 15) is 4.79 Å². The topological polar surface area (TPSA) is 38.3 Å². The molecule has 0 aliphatic rings. The summed E-state index contributed by atoms with van der Waals surface area (Å²) in [5, 5.41) is 3.64. The number of carbonyl (C=O) groups excluding carboxylic acids is 1. The first-order chi connectivity index (χ1) is 11.1. The summed E-state index contributed by atoms with van der Waals surface area (Å²) >= 11 is 5.90. The molecular formula is C19H22ClNO2. The summed E-state index contributed by atoms with van der Waals surface area (Å²) in [7, 11) is 0. The number of amides is 1. The third-order valence-corrected chi connectivity index (χ3v) is 3.76. The Labute approximate surface area is 142 Å². The van der Waals surface area contributed by atoms with E-state index in [4.69, 9.17) is 16.3 Å². The number of halogens is 1. The molecule has 0 aliphatic heterocycles. The minimum atomic E-state index is 0.0670. The van der Waals surface area contributed by atoms with E-state index in [1.165, 1.54) is 5.56 Å². The van der Waals surface area contributed by atoms with Gasteiger partial charge in [0.25, 0.3) is 0 Å².